The molecule has 0 spiro atoms. The highest BCUT2D eigenvalue weighted by Gasteiger charge is 2.24. The van der Waals surface area contributed by atoms with Crippen molar-refractivity contribution in [2.24, 2.45) is 5.92 Å². The zero-order chi connectivity index (χ0) is 14.9. The zero-order valence-corrected chi connectivity index (χ0v) is 13.9. The molecule has 0 saturated carbocycles. The standard InChI is InChI=1S/C17H35N3O/c1-2-8-18-17(7-13-21)15-20-11-5-16(6-12-20)14-19-9-3-4-10-19/h16-18,21H,2-15H2,1H3. The average molecular weight is 297 g/mol. The molecule has 2 heterocycles. The molecule has 0 aromatic carbocycles. The van der Waals surface area contributed by atoms with Gasteiger partial charge in [-0.05, 0) is 77.2 Å². The van der Waals surface area contributed by atoms with Crippen molar-refractivity contribution < 1.29 is 5.11 Å². The van der Waals surface area contributed by atoms with E-state index in [-0.39, 0.29) is 0 Å². The Balaban J connectivity index is 1.64. The van der Waals surface area contributed by atoms with E-state index >= 15 is 0 Å². The quantitative estimate of drug-likeness (QED) is 0.677. The molecule has 0 radical (unpaired) electrons. The summed E-state index contributed by atoms with van der Waals surface area (Å²) < 4.78 is 0. The first-order valence-corrected chi connectivity index (χ1v) is 9.10. The summed E-state index contributed by atoms with van der Waals surface area (Å²) in [6.07, 6.45) is 7.58. The van der Waals surface area contributed by atoms with E-state index in [0.717, 1.165) is 25.4 Å². The molecule has 21 heavy (non-hydrogen) atoms. The van der Waals surface area contributed by atoms with Gasteiger partial charge in [-0.2, -0.15) is 0 Å². The Morgan fingerprint density at radius 3 is 2.43 bits per heavy atom. The van der Waals surface area contributed by atoms with E-state index in [1.165, 1.54) is 64.8 Å². The lowest BCUT2D eigenvalue weighted by Gasteiger charge is -2.35. The SMILES string of the molecule is CCCNC(CCO)CN1CCC(CN2CCCC2)CC1. The van der Waals surface area contributed by atoms with E-state index in [1.807, 2.05) is 0 Å². The van der Waals surface area contributed by atoms with Gasteiger partial charge in [0.25, 0.3) is 0 Å². The van der Waals surface area contributed by atoms with Crippen LogP contribution < -0.4 is 5.32 Å². The van der Waals surface area contributed by atoms with Gasteiger partial charge in [0, 0.05) is 25.7 Å². The van der Waals surface area contributed by atoms with Gasteiger partial charge in [-0.25, -0.2) is 0 Å². The van der Waals surface area contributed by atoms with Crippen LogP contribution in [0.1, 0.15) is 45.4 Å². The van der Waals surface area contributed by atoms with Gasteiger partial charge in [-0.3, -0.25) is 0 Å². The number of likely N-dealkylation sites (tertiary alicyclic amines) is 2. The Bertz CT molecular complexity index is 261. The second-order valence-electron chi connectivity index (χ2n) is 6.92. The van der Waals surface area contributed by atoms with Crippen molar-refractivity contribution in [3.63, 3.8) is 0 Å². The molecule has 4 heteroatoms. The highest BCUT2D eigenvalue weighted by Crippen LogP contribution is 2.20. The molecular weight excluding hydrogens is 262 g/mol. The van der Waals surface area contributed by atoms with E-state index in [2.05, 4.69) is 22.0 Å². The Labute approximate surface area is 130 Å². The fourth-order valence-corrected chi connectivity index (χ4v) is 3.76. The van der Waals surface area contributed by atoms with Gasteiger partial charge >= 0.3 is 0 Å². The Morgan fingerprint density at radius 2 is 1.81 bits per heavy atom. The van der Waals surface area contributed by atoms with Crippen LogP contribution in [-0.2, 0) is 0 Å². The molecule has 0 aromatic heterocycles. The fraction of sp³-hybridized carbons (Fsp3) is 1.00. The minimum atomic E-state index is 0.298. The summed E-state index contributed by atoms with van der Waals surface area (Å²) in [4.78, 5) is 5.27. The van der Waals surface area contributed by atoms with Crippen LogP contribution in [-0.4, -0.2) is 73.4 Å². The van der Waals surface area contributed by atoms with Crippen LogP contribution >= 0.6 is 0 Å². The third-order valence-corrected chi connectivity index (χ3v) is 5.06. The molecule has 124 valence electrons. The predicted octanol–water partition coefficient (Wildman–Crippen LogP) is 1.54. The van der Waals surface area contributed by atoms with Crippen molar-refractivity contribution >= 4 is 0 Å². The van der Waals surface area contributed by atoms with Gasteiger partial charge in [0.1, 0.15) is 0 Å². The first kappa shape index (κ1) is 17.2. The first-order chi connectivity index (χ1) is 10.3. The lowest BCUT2D eigenvalue weighted by Crippen LogP contribution is -2.46. The van der Waals surface area contributed by atoms with E-state index < -0.39 is 0 Å². The van der Waals surface area contributed by atoms with Crippen molar-refractivity contribution in [1.29, 1.82) is 0 Å². The van der Waals surface area contributed by atoms with Crippen molar-refractivity contribution in [3.8, 4) is 0 Å². The normalized spacial score (nSPS) is 23.7. The molecule has 2 fully saturated rings. The Kier molecular flexibility index (Phi) is 8.01. The molecule has 0 amide bonds. The summed E-state index contributed by atoms with van der Waals surface area (Å²) in [6, 6.07) is 0.463. The molecule has 0 aromatic rings. The van der Waals surface area contributed by atoms with Gasteiger partial charge in [0.05, 0.1) is 0 Å². The van der Waals surface area contributed by atoms with Gasteiger partial charge < -0.3 is 20.2 Å². The molecule has 4 nitrogen and oxygen atoms in total. The molecule has 2 N–H and O–H groups in total. The number of hydrogen-bond acceptors (Lipinski definition) is 4. The van der Waals surface area contributed by atoms with Gasteiger partial charge in [0.15, 0.2) is 0 Å². The van der Waals surface area contributed by atoms with Crippen LogP contribution in [0.15, 0.2) is 0 Å². The van der Waals surface area contributed by atoms with Crippen LogP contribution in [0.25, 0.3) is 0 Å². The number of rotatable bonds is 9. The van der Waals surface area contributed by atoms with Crippen LogP contribution in [0.5, 0.6) is 0 Å². The minimum Gasteiger partial charge on any atom is -0.396 e. The highest BCUT2D eigenvalue weighted by atomic mass is 16.3. The minimum absolute atomic E-state index is 0.298. The molecule has 2 aliphatic rings. The van der Waals surface area contributed by atoms with E-state index in [1.54, 1.807) is 0 Å². The number of piperidine rings is 1. The topological polar surface area (TPSA) is 38.7 Å². The molecular formula is C17H35N3O. The number of nitrogens with zero attached hydrogens (tertiary/aromatic N) is 2. The third kappa shape index (κ3) is 6.23. The first-order valence-electron chi connectivity index (χ1n) is 9.10. The van der Waals surface area contributed by atoms with Crippen LogP contribution in [0.4, 0.5) is 0 Å². The average Bonchev–Trinajstić information content (AvgIpc) is 3.00. The second-order valence-corrected chi connectivity index (χ2v) is 6.92. The largest absolute Gasteiger partial charge is 0.396 e. The van der Waals surface area contributed by atoms with Crippen LogP contribution in [0.3, 0.4) is 0 Å². The molecule has 1 unspecified atom stereocenters. The summed E-state index contributed by atoms with van der Waals surface area (Å²) in [5.41, 5.74) is 0. The smallest absolute Gasteiger partial charge is 0.0446 e. The van der Waals surface area contributed by atoms with E-state index in [4.69, 9.17) is 0 Å². The van der Waals surface area contributed by atoms with Gasteiger partial charge in [0.2, 0.25) is 0 Å². The summed E-state index contributed by atoms with van der Waals surface area (Å²) >= 11 is 0. The third-order valence-electron chi connectivity index (χ3n) is 5.06. The molecule has 2 aliphatic heterocycles. The Hall–Kier alpha value is -0.160. The fourth-order valence-electron chi connectivity index (χ4n) is 3.76. The highest BCUT2D eigenvalue weighted by molar-refractivity contribution is 4.80. The van der Waals surface area contributed by atoms with Gasteiger partial charge in [-0.1, -0.05) is 6.92 Å². The van der Waals surface area contributed by atoms with E-state index in [9.17, 15) is 5.11 Å². The van der Waals surface area contributed by atoms with E-state index in [0.29, 0.717) is 12.6 Å². The molecule has 0 bridgehead atoms. The Morgan fingerprint density at radius 1 is 1.10 bits per heavy atom. The zero-order valence-electron chi connectivity index (χ0n) is 13.9. The lowest BCUT2D eigenvalue weighted by molar-refractivity contribution is 0.137. The second kappa shape index (κ2) is 9.78. The predicted molar refractivity (Wildman–Crippen MR) is 88.6 cm³/mol. The van der Waals surface area contributed by atoms with Crippen molar-refractivity contribution in [3.05, 3.63) is 0 Å². The maximum absolute atomic E-state index is 9.20. The maximum Gasteiger partial charge on any atom is 0.0446 e. The number of aliphatic hydroxyl groups excluding tert-OH is 1. The molecule has 1 atom stereocenters. The van der Waals surface area contributed by atoms with Crippen molar-refractivity contribution in [2.75, 3.05) is 52.4 Å². The van der Waals surface area contributed by atoms with Crippen molar-refractivity contribution in [1.82, 2.24) is 15.1 Å². The molecule has 2 saturated heterocycles. The number of nitrogens with one attached hydrogen (secondary N) is 1. The number of aliphatic hydroxyl groups is 1. The molecule has 0 aliphatic carbocycles. The summed E-state index contributed by atoms with van der Waals surface area (Å²) in [5, 5.41) is 12.8. The summed E-state index contributed by atoms with van der Waals surface area (Å²) in [7, 11) is 0. The maximum atomic E-state index is 9.20. The van der Waals surface area contributed by atoms with Crippen LogP contribution in [0, 0.1) is 5.92 Å². The van der Waals surface area contributed by atoms with Crippen LogP contribution in [0.2, 0.25) is 0 Å². The summed E-state index contributed by atoms with van der Waals surface area (Å²) in [6.45, 7) is 11.2. The number of hydrogen-bond donors (Lipinski definition) is 2. The van der Waals surface area contributed by atoms with Crippen molar-refractivity contribution in [2.45, 2.75) is 51.5 Å². The summed E-state index contributed by atoms with van der Waals surface area (Å²) in [5.74, 6) is 0.916. The monoisotopic (exact) mass is 297 g/mol. The molecule has 2 rings (SSSR count). The lowest BCUT2D eigenvalue weighted by atomic mass is 9.95. The van der Waals surface area contributed by atoms with Gasteiger partial charge in [-0.15, -0.1) is 0 Å².